The normalized spacial score (nSPS) is 13.9. The van der Waals surface area contributed by atoms with Crippen molar-refractivity contribution < 1.29 is 0 Å². The lowest BCUT2D eigenvalue weighted by molar-refractivity contribution is 0.380. The highest BCUT2D eigenvalue weighted by Gasteiger charge is 2.22. The average Bonchev–Trinajstić information content (AvgIpc) is 2.15. The molecule has 0 bridgehead atoms. The van der Waals surface area contributed by atoms with E-state index in [0.29, 0.717) is 0 Å². The number of nitrogens with one attached hydrogen (secondary N) is 1. The van der Waals surface area contributed by atoms with Gasteiger partial charge in [-0.3, -0.25) is 0 Å². The molecule has 15 heavy (non-hydrogen) atoms. The lowest BCUT2D eigenvalue weighted by Crippen LogP contribution is -2.45. The third kappa shape index (κ3) is 4.13. The van der Waals surface area contributed by atoms with E-state index in [4.69, 9.17) is 11.6 Å². The Kier molecular flexibility index (Phi) is 4.63. The Morgan fingerprint density at radius 3 is 2.67 bits per heavy atom. The van der Waals surface area contributed by atoms with E-state index in [-0.39, 0.29) is 10.9 Å². The predicted octanol–water partition coefficient (Wildman–Crippen LogP) is 3.94. The first-order chi connectivity index (χ1) is 6.92. The molecule has 0 heterocycles. The molecule has 84 valence electrons. The lowest BCUT2D eigenvalue weighted by Gasteiger charge is -2.29. The summed E-state index contributed by atoms with van der Waals surface area (Å²) in [5.74, 6) is 0. The van der Waals surface area contributed by atoms with Crippen molar-refractivity contribution in [3.63, 3.8) is 0 Å². The molecule has 1 unspecified atom stereocenters. The Balaban J connectivity index is 2.57. The Morgan fingerprint density at radius 1 is 1.47 bits per heavy atom. The first-order valence-corrected chi connectivity index (χ1v) is 6.28. The van der Waals surface area contributed by atoms with E-state index in [0.717, 1.165) is 11.0 Å². The molecule has 0 saturated heterocycles. The Hall–Kier alpha value is -0.0500. The maximum Gasteiger partial charge on any atom is 0.0484 e. The standard InChI is InChI=1S/C12H17BrClN/c1-9(14)12(2,3)15-8-10-5-4-6-11(13)7-10/h4-7,9,15H,8H2,1-3H3. The SMILES string of the molecule is CC(Cl)C(C)(C)NCc1cccc(Br)c1. The third-order valence-electron chi connectivity index (χ3n) is 2.63. The second-order valence-corrected chi connectivity index (χ2v) is 5.89. The minimum absolute atomic E-state index is 0.0517. The fraction of sp³-hybridized carbons (Fsp3) is 0.500. The minimum Gasteiger partial charge on any atom is -0.306 e. The molecular formula is C12H17BrClN. The van der Waals surface area contributed by atoms with Gasteiger partial charge in [0.1, 0.15) is 0 Å². The van der Waals surface area contributed by atoms with Crippen LogP contribution in [0.2, 0.25) is 0 Å². The fourth-order valence-electron chi connectivity index (χ4n) is 1.12. The zero-order chi connectivity index (χ0) is 11.5. The summed E-state index contributed by atoms with van der Waals surface area (Å²) in [5, 5.41) is 3.55. The van der Waals surface area contributed by atoms with Crippen molar-refractivity contribution >= 4 is 27.5 Å². The largest absolute Gasteiger partial charge is 0.306 e. The van der Waals surface area contributed by atoms with E-state index in [2.05, 4.69) is 47.2 Å². The molecular weight excluding hydrogens is 273 g/mol. The van der Waals surface area contributed by atoms with Crippen LogP contribution in [0.4, 0.5) is 0 Å². The molecule has 1 aromatic carbocycles. The molecule has 1 atom stereocenters. The molecule has 3 heteroatoms. The smallest absolute Gasteiger partial charge is 0.0484 e. The van der Waals surface area contributed by atoms with Crippen LogP contribution in [0.5, 0.6) is 0 Å². The van der Waals surface area contributed by atoms with Crippen molar-refractivity contribution in [3.05, 3.63) is 34.3 Å². The summed E-state index contributed by atoms with van der Waals surface area (Å²) in [7, 11) is 0. The number of hydrogen-bond acceptors (Lipinski definition) is 1. The van der Waals surface area contributed by atoms with E-state index in [9.17, 15) is 0 Å². The number of hydrogen-bond donors (Lipinski definition) is 1. The van der Waals surface area contributed by atoms with Gasteiger partial charge >= 0.3 is 0 Å². The van der Waals surface area contributed by atoms with Crippen LogP contribution in [0.25, 0.3) is 0 Å². The van der Waals surface area contributed by atoms with Crippen molar-refractivity contribution in [2.75, 3.05) is 0 Å². The van der Waals surface area contributed by atoms with Crippen molar-refractivity contribution in [1.82, 2.24) is 5.32 Å². The van der Waals surface area contributed by atoms with Gasteiger partial charge in [0, 0.05) is 21.9 Å². The van der Waals surface area contributed by atoms with Crippen molar-refractivity contribution in [1.29, 1.82) is 0 Å². The average molecular weight is 291 g/mol. The summed E-state index contributed by atoms with van der Waals surface area (Å²) in [4.78, 5) is 0. The molecule has 1 nitrogen and oxygen atoms in total. The number of benzene rings is 1. The van der Waals surface area contributed by atoms with Gasteiger partial charge in [-0.05, 0) is 38.5 Å². The van der Waals surface area contributed by atoms with Gasteiger partial charge in [0.05, 0.1) is 0 Å². The van der Waals surface area contributed by atoms with E-state index in [1.807, 2.05) is 19.1 Å². The van der Waals surface area contributed by atoms with Crippen LogP contribution >= 0.6 is 27.5 Å². The molecule has 1 N–H and O–H groups in total. The topological polar surface area (TPSA) is 12.0 Å². The molecule has 0 aliphatic carbocycles. The zero-order valence-corrected chi connectivity index (χ0v) is 11.7. The lowest BCUT2D eigenvalue weighted by atomic mass is 10.0. The molecule has 1 aromatic rings. The summed E-state index contributed by atoms with van der Waals surface area (Å²) in [6.07, 6.45) is 0. The Labute approximate surface area is 105 Å². The Bertz CT molecular complexity index is 323. The monoisotopic (exact) mass is 289 g/mol. The molecule has 0 aliphatic rings. The quantitative estimate of drug-likeness (QED) is 0.828. The van der Waals surface area contributed by atoms with Crippen LogP contribution in [0, 0.1) is 0 Å². The molecule has 0 aliphatic heterocycles. The van der Waals surface area contributed by atoms with Crippen molar-refractivity contribution in [2.24, 2.45) is 0 Å². The van der Waals surface area contributed by atoms with Gasteiger partial charge in [0.15, 0.2) is 0 Å². The van der Waals surface area contributed by atoms with Crippen molar-refractivity contribution in [3.8, 4) is 0 Å². The molecule has 0 amide bonds. The predicted molar refractivity (Wildman–Crippen MR) is 70.4 cm³/mol. The van der Waals surface area contributed by atoms with Crippen LogP contribution in [-0.4, -0.2) is 10.9 Å². The zero-order valence-electron chi connectivity index (χ0n) is 9.35. The van der Waals surface area contributed by atoms with Gasteiger partial charge in [-0.15, -0.1) is 11.6 Å². The van der Waals surface area contributed by atoms with E-state index in [1.54, 1.807) is 0 Å². The molecule has 1 rings (SSSR count). The summed E-state index contributed by atoms with van der Waals surface area (Å²) in [6.45, 7) is 7.07. The van der Waals surface area contributed by atoms with Crippen LogP contribution in [0.3, 0.4) is 0 Å². The number of alkyl halides is 1. The molecule has 0 aromatic heterocycles. The van der Waals surface area contributed by atoms with E-state index >= 15 is 0 Å². The fourth-order valence-corrected chi connectivity index (χ4v) is 1.64. The van der Waals surface area contributed by atoms with Gasteiger partial charge < -0.3 is 5.32 Å². The minimum atomic E-state index is -0.0517. The number of halogens is 2. The van der Waals surface area contributed by atoms with Crippen LogP contribution in [0.15, 0.2) is 28.7 Å². The van der Waals surface area contributed by atoms with Crippen LogP contribution in [0.1, 0.15) is 26.3 Å². The van der Waals surface area contributed by atoms with Gasteiger partial charge in [0.25, 0.3) is 0 Å². The van der Waals surface area contributed by atoms with Crippen molar-refractivity contribution in [2.45, 2.75) is 38.2 Å². The Morgan fingerprint density at radius 2 is 2.13 bits per heavy atom. The highest BCUT2D eigenvalue weighted by atomic mass is 79.9. The van der Waals surface area contributed by atoms with Crippen LogP contribution in [-0.2, 0) is 6.54 Å². The molecule has 0 radical (unpaired) electrons. The maximum atomic E-state index is 6.10. The van der Waals surface area contributed by atoms with Gasteiger partial charge in [0.2, 0.25) is 0 Å². The molecule has 0 spiro atoms. The number of rotatable bonds is 4. The summed E-state index contributed by atoms with van der Waals surface area (Å²) in [6, 6.07) is 8.28. The second-order valence-electron chi connectivity index (χ2n) is 4.32. The van der Waals surface area contributed by atoms with Gasteiger partial charge in [-0.2, -0.15) is 0 Å². The maximum absolute atomic E-state index is 6.10. The van der Waals surface area contributed by atoms with Gasteiger partial charge in [-0.25, -0.2) is 0 Å². The second kappa shape index (κ2) is 5.33. The molecule has 0 fully saturated rings. The van der Waals surface area contributed by atoms with E-state index in [1.165, 1.54) is 5.56 Å². The van der Waals surface area contributed by atoms with E-state index < -0.39 is 0 Å². The first kappa shape index (κ1) is 13.0. The third-order valence-corrected chi connectivity index (χ3v) is 3.67. The van der Waals surface area contributed by atoms with Crippen LogP contribution < -0.4 is 5.32 Å². The highest BCUT2D eigenvalue weighted by molar-refractivity contribution is 9.10. The first-order valence-electron chi connectivity index (χ1n) is 5.05. The molecule has 0 saturated carbocycles. The highest BCUT2D eigenvalue weighted by Crippen LogP contribution is 2.17. The summed E-state index contributed by atoms with van der Waals surface area (Å²) >= 11 is 9.55. The summed E-state index contributed by atoms with van der Waals surface area (Å²) in [5.41, 5.74) is 1.21. The van der Waals surface area contributed by atoms with Gasteiger partial charge in [-0.1, -0.05) is 28.1 Å². The summed E-state index contributed by atoms with van der Waals surface area (Å²) < 4.78 is 1.11.